The SMILES string of the molecule is CN1C(=O)COc2ccc(C(=O)C3CCNCC3)cc21.Cl. The van der Waals surface area contributed by atoms with E-state index in [1.807, 2.05) is 0 Å². The fourth-order valence-electron chi connectivity index (χ4n) is 2.75. The quantitative estimate of drug-likeness (QED) is 0.844. The van der Waals surface area contributed by atoms with Gasteiger partial charge in [0.2, 0.25) is 0 Å². The Balaban J connectivity index is 0.00000161. The van der Waals surface area contributed by atoms with E-state index in [1.165, 1.54) is 0 Å². The van der Waals surface area contributed by atoms with Crippen LogP contribution in [0.3, 0.4) is 0 Å². The summed E-state index contributed by atoms with van der Waals surface area (Å²) < 4.78 is 5.37. The van der Waals surface area contributed by atoms with Crippen LogP contribution in [0.25, 0.3) is 0 Å². The molecule has 0 spiro atoms. The van der Waals surface area contributed by atoms with E-state index < -0.39 is 0 Å². The van der Waals surface area contributed by atoms with Crippen LogP contribution in [0.15, 0.2) is 18.2 Å². The lowest BCUT2D eigenvalue weighted by atomic mass is 9.89. The number of halogens is 1. The molecule has 2 heterocycles. The number of carbonyl (C=O) groups is 2. The molecule has 0 bridgehead atoms. The topological polar surface area (TPSA) is 58.6 Å². The molecule has 1 amide bonds. The molecule has 0 atom stereocenters. The number of fused-ring (bicyclic) bond motifs is 1. The van der Waals surface area contributed by atoms with Gasteiger partial charge in [-0.3, -0.25) is 9.59 Å². The zero-order chi connectivity index (χ0) is 14.1. The standard InChI is InChI=1S/C15H18N2O3.ClH/c1-17-12-8-11(2-3-13(12)20-9-14(17)18)15(19)10-4-6-16-7-5-10;/h2-3,8,10,16H,4-7,9H2,1H3;1H. The number of anilines is 1. The van der Waals surface area contributed by atoms with Crippen molar-refractivity contribution in [3.05, 3.63) is 23.8 Å². The number of ketones is 1. The van der Waals surface area contributed by atoms with Crippen LogP contribution in [0.1, 0.15) is 23.2 Å². The number of benzene rings is 1. The maximum atomic E-state index is 12.5. The molecule has 0 unspecified atom stereocenters. The Hall–Kier alpha value is -1.59. The molecule has 3 rings (SSSR count). The molecule has 1 aromatic rings. The minimum atomic E-state index is -0.0936. The van der Waals surface area contributed by atoms with Crippen molar-refractivity contribution in [2.75, 3.05) is 31.6 Å². The van der Waals surface area contributed by atoms with Gasteiger partial charge in [0.05, 0.1) is 5.69 Å². The first-order chi connectivity index (χ1) is 9.66. The van der Waals surface area contributed by atoms with Crippen molar-refractivity contribution in [1.29, 1.82) is 0 Å². The molecule has 1 saturated heterocycles. The number of likely N-dealkylation sites (N-methyl/N-ethyl adjacent to an activating group) is 1. The largest absolute Gasteiger partial charge is 0.482 e. The molecule has 6 heteroatoms. The molecule has 2 aliphatic heterocycles. The van der Waals surface area contributed by atoms with Gasteiger partial charge in [-0.2, -0.15) is 0 Å². The third-order valence-corrected chi connectivity index (χ3v) is 4.04. The molecule has 5 nitrogen and oxygen atoms in total. The molecule has 2 aliphatic rings. The van der Waals surface area contributed by atoms with Gasteiger partial charge in [-0.05, 0) is 44.1 Å². The number of piperidine rings is 1. The number of rotatable bonds is 2. The van der Waals surface area contributed by atoms with Crippen molar-refractivity contribution >= 4 is 29.8 Å². The Kier molecular flexibility index (Phi) is 4.85. The average Bonchev–Trinajstić information content (AvgIpc) is 2.51. The maximum absolute atomic E-state index is 12.5. The third-order valence-electron chi connectivity index (χ3n) is 4.04. The number of ether oxygens (including phenoxy) is 1. The fourth-order valence-corrected chi connectivity index (χ4v) is 2.75. The molecule has 0 aromatic heterocycles. The zero-order valence-corrected chi connectivity index (χ0v) is 12.7. The fraction of sp³-hybridized carbons (Fsp3) is 0.467. The molecule has 1 N–H and O–H groups in total. The van der Waals surface area contributed by atoms with Crippen LogP contribution in [0.4, 0.5) is 5.69 Å². The Morgan fingerprint density at radius 2 is 2.05 bits per heavy atom. The van der Waals surface area contributed by atoms with Crippen molar-refractivity contribution < 1.29 is 14.3 Å². The van der Waals surface area contributed by atoms with Crippen molar-refractivity contribution in [3.8, 4) is 5.75 Å². The Bertz CT molecular complexity index is 556. The van der Waals surface area contributed by atoms with E-state index >= 15 is 0 Å². The summed E-state index contributed by atoms with van der Waals surface area (Å²) in [7, 11) is 1.71. The summed E-state index contributed by atoms with van der Waals surface area (Å²) in [6, 6.07) is 5.36. The number of carbonyl (C=O) groups excluding carboxylic acids is 2. The molecule has 0 aliphatic carbocycles. The van der Waals surface area contributed by atoms with E-state index in [4.69, 9.17) is 4.74 Å². The van der Waals surface area contributed by atoms with Crippen LogP contribution in [0.2, 0.25) is 0 Å². The lowest BCUT2D eigenvalue weighted by Gasteiger charge is -2.27. The van der Waals surface area contributed by atoms with Crippen molar-refractivity contribution in [2.45, 2.75) is 12.8 Å². The van der Waals surface area contributed by atoms with Crippen LogP contribution >= 0.6 is 12.4 Å². The van der Waals surface area contributed by atoms with E-state index in [0.29, 0.717) is 17.0 Å². The minimum absolute atomic E-state index is 0. The molecule has 1 fully saturated rings. The summed E-state index contributed by atoms with van der Waals surface area (Å²) in [4.78, 5) is 25.7. The van der Waals surface area contributed by atoms with Crippen molar-refractivity contribution in [1.82, 2.24) is 5.32 Å². The van der Waals surface area contributed by atoms with Gasteiger partial charge in [-0.1, -0.05) is 0 Å². The smallest absolute Gasteiger partial charge is 0.264 e. The van der Waals surface area contributed by atoms with Crippen LogP contribution < -0.4 is 15.0 Å². The van der Waals surface area contributed by atoms with Gasteiger partial charge in [0.25, 0.3) is 5.91 Å². The highest BCUT2D eigenvalue weighted by atomic mass is 35.5. The molecular weight excluding hydrogens is 292 g/mol. The van der Waals surface area contributed by atoms with Crippen LogP contribution in [0.5, 0.6) is 5.75 Å². The molecule has 21 heavy (non-hydrogen) atoms. The summed E-state index contributed by atoms with van der Waals surface area (Å²) in [5.41, 5.74) is 1.35. The number of amides is 1. The molecule has 1 aromatic carbocycles. The summed E-state index contributed by atoms with van der Waals surface area (Å²) in [5.74, 6) is 0.818. The van der Waals surface area contributed by atoms with Gasteiger partial charge in [0.1, 0.15) is 5.75 Å². The Morgan fingerprint density at radius 1 is 1.33 bits per heavy atom. The lowest BCUT2D eigenvalue weighted by molar-refractivity contribution is -0.120. The van der Waals surface area contributed by atoms with E-state index in [2.05, 4.69) is 5.32 Å². The normalized spacial score (nSPS) is 18.5. The van der Waals surface area contributed by atoms with E-state index in [9.17, 15) is 9.59 Å². The first-order valence-corrected chi connectivity index (χ1v) is 6.95. The van der Waals surface area contributed by atoms with Gasteiger partial charge in [0, 0.05) is 18.5 Å². The second kappa shape index (κ2) is 6.45. The minimum Gasteiger partial charge on any atom is -0.482 e. The van der Waals surface area contributed by atoms with Gasteiger partial charge < -0.3 is 15.0 Å². The summed E-state index contributed by atoms with van der Waals surface area (Å²) in [6.07, 6.45) is 1.75. The zero-order valence-electron chi connectivity index (χ0n) is 11.9. The number of nitrogens with zero attached hydrogens (tertiary/aromatic N) is 1. The second-order valence-electron chi connectivity index (χ2n) is 5.31. The predicted molar refractivity (Wildman–Crippen MR) is 82.5 cm³/mol. The lowest BCUT2D eigenvalue weighted by Crippen LogP contribution is -2.36. The number of nitrogens with one attached hydrogen (secondary N) is 1. The van der Waals surface area contributed by atoms with Gasteiger partial charge in [-0.15, -0.1) is 12.4 Å². The second-order valence-corrected chi connectivity index (χ2v) is 5.31. The third kappa shape index (κ3) is 3.04. The van der Waals surface area contributed by atoms with Crippen molar-refractivity contribution in [3.63, 3.8) is 0 Å². The van der Waals surface area contributed by atoms with Crippen LogP contribution in [-0.2, 0) is 4.79 Å². The number of hydrogen-bond donors (Lipinski definition) is 1. The first kappa shape index (κ1) is 15.8. The van der Waals surface area contributed by atoms with Gasteiger partial charge in [-0.25, -0.2) is 0 Å². The van der Waals surface area contributed by atoms with E-state index in [0.717, 1.165) is 25.9 Å². The number of Topliss-reactive ketones (excluding diaryl/α,β-unsaturated/α-hetero) is 1. The average molecular weight is 311 g/mol. The molecular formula is C15H19ClN2O3. The Morgan fingerprint density at radius 3 is 2.76 bits per heavy atom. The monoisotopic (exact) mass is 310 g/mol. The van der Waals surface area contributed by atoms with Crippen LogP contribution in [-0.4, -0.2) is 38.4 Å². The number of hydrogen-bond acceptors (Lipinski definition) is 4. The highest BCUT2D eigenvalue weighted by Gasteiger charge is 2.26. The highest BCUT2D eigenvalue weighted by Crippen LogP contribution is 2.33. The summed E-state index contributed by atoms with van der Waals surface area (Å²) in [6.45, 7) is 1.84. The molecule has 0 radical (unpaired) electrons. The predicted octanol–water partition coefficient (Wildman–Crippen LogP) is 1.65. The molecule has 114 valence electrons. The van der Waals surface area contributed by atoms with E-state index in [1.54, 1.807) is 30.1 Å². The van der Waals surface area contributed by atoms with Crippen LogP contribution in [0, 0.1) is 5.92 Å². The first-order valence-electron chi connectivity index (χ1n) is 6.95. The van der Waals surface area contributed by atoms with Crippen molar-refractivity contribution in [2.24, 2.45) is 5.92 Å². The summed E-state index contributed by atoms with van der Waals surface area (Å²) in [5, 5.41) is 3.26. The van der Waals surface area contributed by atoms with Gasteiger partial charge in [0.15, 0.2) is 12.4 Å². The van der Waals surface area contributed by atoms with E-state index in [-0.39, 0.29) is 36.6 Å². The highest BCUT2D eigenvalue weighted by molar-refractivity contribution is 6.02. The Labute approximate surface area is 130 Å². The summed E-state index contributed by atoms with van der Waals surface area (Å²) >= 11 is 0. The maximum Gasteiger partial charge on any atom is 0.264 e. The molecule has 0 saturated carbocycles. The van der Waals surface area contributed by atoms with Gasteiger partial charge >= 0.3 is 0 Å².